The number of hydrogen-bond donors (Lipinski definition) is 2. The summed E-state index contributed by atoms with van der Waals surface area (Å²) in [7, 11) is 0. The van der Waals surface area contributed by atoms with Crippen LogP contribution in [0, 0.1) is 6.92 Å². The first-order valence-electron chi connectivity index (χ1n) is 12.0. The molecule has 2 N–H and O–H groups in total. The number of pyridine rings is 1. The zero-order valence-corrected chi connectivity index (χ0v) is 19.6. The summed E-state index contributed by atoms with van der Waals surface area (Å²) in [6, 6.07) is 15.9. The zero-order valence-electron chi connectivity index (χ0n) is 19.6. The number of carbonyl (C=O) groups is 3. The Labute approximate surface area is 203 Å². The van der Waals surface area contributed by atoms with Crippen LogP contribution in [0.3, 0.4) is 0 Å². The first-order valence-corrected chi connectivity index (χ1v) is 12.0. The lowest BCUT2D eigenvalue weighted by atomic mass is 10.1. The Balaban J connectivity index is 1.19. The number of fused-ring (bicyclic) bond motifs is 1. The maximum atomic E-state index is 12.7. The summed E-state index contributed by atoms with van der Waals surface area (Å²) in [5, 5.41) is 6.24. The van der Waals surface area contributed by atoms with E-state index in [2.05, 4.69) is 15.6 Å². The van der Waals surface area contributed by atoms with Gasteiger partial charge in [-0.15, -0.1) is 0 Å². The maximum Gasteiger partial charge on any atom is 0.325 e. The molecule has 4 amide bonds. The van der Waals surface area contributed by atoms with Crippen molar-refractivity contribution in [2.75, 3.05) is 6.54 Å². The van der Waals surface area contributed by atoms with E-state index in [0.717, 1.165) is 47.8 Å². The maximum absolute atomic E-state index is 12.7. The number of nitrogens with one attached hydrogen (secondary N) is 2. The van der Waals surface area contributed by atoms with Gasteiger partial charge >= 0.3 is 6.03 Å². The van der Waals surface area contributed by atoms with E-state index in [1.807, 2.05) is 37.3 Å². The summed E-state index contributed by atoms with van der Waals surface area (Å²) < 4.78 is 5.97. The van der Waals surface area contributed by atoms with Crippen LogP contribution in [-0.4, -0.2) is 46.4 Å². The van der Waals surface area contributed by atoms with Crippen LogP contribution < -0.4 is 15.4 Å². The molecule has 35 heavy (non-hydrogen) atoms. The Hall–Kier alpha value is -3.94. The minimum absolute atomic E-state index is 0.0566. The van der Waals surface area contributed by atoms with Crippen LogP contribution in [-0.2, 0) is 11.4 Å². The molecule has 1 unspecified atom stereocenters. The van der Waals surface area contributed by atoms with Gasteiger partial charge in [0.2, 0.25) is 0 Å². The van der Waals surface area contributed by atoms with E-state index < -0.39 is 6.04 Å². The number of aryl methyl sites for hydroxylation is 1. The predicted octanol–water partition coefficient (Wildman–Crippen LogP) is 3.72. The van der Waals surface area contributed by atoms with E-state index in [-0.39, 0.29) is 30.4 Å². The van der Waals surface area contributed by atoms with Gasteiger partial charge in [0.1, 0.15) is 18.4 Å². The van der Waals surface area contributed by atoms with E-state index in [1.165, 1.54) is 0 Å². The largest absolute Gasteiger partial charge is 0.489 e. The lowest BCUT2D eigenvalue weighted by Crippen LogP contribution is -2.48. The van der Waals surface area contributed by atoms with Crippen LogP contribution >= 0.6 is 0 Å². The number of nitrogens with zero attached hydrogens (tertiary/aromatic N) is 2. The molecule has 2 aromatic carbocycles. The average Bonchev–Trinajstić information content (AvgIpc) is 3.48. The Morgan fingerprint density at radius 3 is 2.63 bits per heavy atom. The van der Waals surface area contributed by atoms with Gasteiger partial charge in [0.05, 0.1) is 5.52 Å². The minimum Gasteiger partial charge on any atom is -0.489 e. The molecule has 5 rings (SSSR count). The summed E-state index contributed by atoms with van der Waals surface area (Å²) >= 11 is 0. The molecule has 2 fully saturated rings. The second-order valence-electron chi connectivity index (χ2n) is 9.12. The summed E-state index contributed by atoms with van der Waals surface area (Å²) in [5.74, 6) is -0.0103. The number of benzene rings is 2. The molecule has 8 nitrogen and oxygen atoms in total. The third-order valence-corrected chi connectivity index (χ3v) is 6.72. The number of ether oxygens (including phenoxy) is 1. The van der Waals surface area contributed by atoms with Gasteiger partial charge in [0.15, 0.2) is 0 Å². The van der Waals surface area contributed by atoms with Crippen LogP contribution in [0.1, 0.15) is 47.3 Å². The number of rotatable bonds is 7. The van der Waals surface area contributed by atoms with Gasteiger partial charge in [-0.3, -0.25) is 19.9 Å². The number of amides is 4. The minimum atomic E-state index is -0.671. The summed E-state index contributed by atoms with van der Waals surface area (Å²) in [5.41, 5.74) is 3.37. The quantitative estimate of drug-likeness (QED) is 0.511. The van der Waals surface area contributed by atoms with Gasteiger partial charge in [-0.2, -0.15) is 0 Å². The molecule has 1 aromatic heterocycles. The SMILES string of the molecule is Cc1cc(COc2ccc(C(=O)NCC3C(=O)NC(=O)N3C3CCCC3)cc2)c2ccccc2n1. The number of hydrogen-bond acceptors (Lipinski definition) is 5. The molecule has 1 atom stereocenters. The lowest BCUT2D eigenvalue weighted by molar-refractivity contribution is -0.121. The topological polar surface area (TPSA) is 101 Å². The lowest BCUT2D eigenvalue weighted by Gasteiger charge is -2.28. The Morgan fingerprint density at radius 2 is 1.86 bits per heavy atom. The van der Waals surface area contributed by atoms with E-state index in [9.17, 15) is 14.4 Å². The fourth-order valence-electron chi connectivity index (χ4n) is 4.98. The predicted molar refractivity (Wildman–Crippen MR) is 131 cm³/mol. The molecule has 1 aliphatic carbocycles. The van der Waals surface area contributed by atoms with E-state index >= 15 is 0 Å². The molecule has 1 saturated carbocycles. The normalized spacial score (nSPS) is 18.2. The highest BCUT2D eigenvalue weighted by Crippen LogP contribution is 2.27. The number of para-hydroxylation sites is 1. The number of carbonyl (C=O) groups excluding carboxylic acids is 3. The van der Waals surface area contributed by atoms with Crippen LogP contribution in [0.25, 0.3) is 10.9 Å². The molecule has 0 bridgehead atoms. The Morgan fingerprint density at radius 1 is 1.11 bits per heavy atom. The summed E-state index contributed by atoms with van der Waals surface area (Å²) in [6.45, 7) is 2.43. The van der Waals surface area contributed by atoms with Crippen molar-refractivity contribution in [2.45, 2.75) is 51.3 Å². The van der Waals surface area contributed by atoms with Crippen LogP contribution in [0.2, 0.25) is 0 Å². The first kappa shape index (κ1) is 22.8. The molecule has 1 aliphatic heterocycles. The van der Waals surface area contributed by atoms with Crippen molar-refractivity contribution in [2.24, 2.45) is 0 Å². The molecule has 8 heteroatoms. The van der Waals surface area contributed by atoms with Gasteiger partial charge in [-0.25, -0.2) is 4.79 Å². The smallest absolute Gasteiger partial charge is 0.325 e. The van der Waals surface area contributed by atoms with E-state index in [0.29, 0.717) is 17.9 Å². The van der Waals surface area contributed by atoms with E-state index in [1.54, 1.807) is 29.2 Å². The highest BCUT2D eigenvalue weighted by molar-refractivity contribution is 6.05. The molecule has 0 spiro atoms. The Bertz CT molecular complexity index is 1270. The molecule has 3 aromatic rings. The highest BCUT2D eigenvalue weighted by Gasteiger charge is 2.43. The molecular formula is C27H28N4O4. The number of imide groups is 1. The fourth-order valence-corrected chi connectivity index (χ4v) is 4.98. The number of urea groups is 1. The first-order chi connectivity index (χ1) is 17.0. The van der Waals surface area contributed by atoms with Crippen molar-refractivity contribution in [1.82, 2.24) is 20.5 Å². The Kier molecular flexibility index (Phi) is 6.35. The highest BCUT2D eigenvalue weighted by atomic mass is 16.5. The van der Waals surface area contributed by atoms with Crippen LogP contribution in [0.15, 0.2) is 54.6 Å². The van der Waals surface area contributed by atoms with E-state index in [4.69, 9.17) is 4.74 Å². The molecule has 2 heterocycles. The van der Waals surface area contributed by atoms with Gasteiger partial charge in [-0.1, -0.05) is 31.0 Å². The van der Waals surface area contributed by atoms with Crippen molar-refractivity contribution >= 4 is 28.7 Å². The second kappa shape index (κ2) is 9.74. The fraction of sp³-hybridized carbons (Fsp3) is 0.333. The summed E-state index contributed by atoms with van der Waals surface area (Å²) in [4.78, 5) is 43.4. The third-order valence-electron chi connectivity index (χ3n) is 6.72. The van der Waals surface area contributed by atoms with Gasteiger partial charge in [-0.05, 0) is 56.2 Å². The molecule has 1 saturated heterocycles. The van der Waals surface area contributed by atoms with Crippen molar-refractivity contribution in [3.63, 3.8) is 0 Å². The van der Waals surface area contributed by atoms with Crippen molar-refractivity contribution in [1.29, 1.82) is 0 Å². The van der Waals surface area contributed by atoms with Crippen LogP contribution in [0.4, 0.5) is 4.79 Å². The molecule has 180 valence electrons. The van der Waals surface area contributed by atoms with Crippen LogP contribution in [0.5, 0.6) is 5.75 Å². The number of aromatic nitrogens is 1. The third kappa shape index (κ3) is 4.82. The van der Waals surface area contributed by atoms with Gasteiger partial charge in [0, 0.05) is 34.8 Å². The standard InChI is InChI=1S/C27H28N4O4/c1-17-14-19(22-8-4-5-9-23(22)29-17)16-35-21-12-10-18(11-13-21)25(32)28-15-24-26(33)30-27(34)31(24)20-6-2-3-7-20/h4-5,8-14,20,24H,2-3,6-7,15-16H2,1H3,(H,28,32)(H,30,33,34). The molecule has 0 radical (unpaired) electrons. The van der Waals surface area contributed by atoms with Crippen molar-refractivity contribution in [3.8, 4) is 5.75 Å². The van der Waals surface area contributed by atoms with Gasteiger partial charge in [0.25, 0.3) is 11.8 Å². The molecular weight excluding hydrogens is 444 g/mol. The summed E-state index contributed by atoms with van der Waals surface area (Å²) in [6.07, 6.45) is 3.88. The van der Waals surface area contributed by atoms with Gasteiger partial charge < -0.3 is 15.0 Å². The average molecular weight is 473 g/mol. The monoisotopic (exact) mass is 472 g/mol. The second-order valence-corrected chi connectivity index (χ2v) is 9.12. The van der Waals surface area contributed by atoms with Crippen molar-refractivity contribution < 1.29 is 19.1 Å². The zero-order chi connectivity index (χ0) is 24.4. The molecule has 2 aliphatic rings. The van der Waals surface area contributed by atoms with Crippen molar-refractivity contribution in [3.05, 3.63) is 71.4 Å².